The lowest BCUT2D eigenvalue weighted by Crippen LogP contribution is -1.88. The number of halogens is 1. The first kappa shape index (κ1) is 18.1. The Morgan fingerprint density at radius 2 is 1.96 bits per heavy atom. The molecule has 1 aromatic heterocycles. The first-order valence-electron chi connectivity index (χ1n) is 8.34. The van der Waals surface area contributed by atoms with Gasteiger partial charge in [-0.2, -0.15) is 0 Å². The van der Waals surface area contributed by atoms with Crippen LogP contribution in [0.1, 0.15) is 5.56 Å². The highest BCUT2D eigenvalue weighted by atomic mass is 79.9. The van der Waals surface area contributed by atoms with E-state index < -0.39 is 0 Å². The zero-order chi connectivity index (χ0) is 19.7. The van der Waals surface area contributed by atoms with Crippen molar-refractivity contribution in [3.63, 3.8) is 0 Å². The van der Waals surface area contributed by atoms with Gasteiger partial charge in [0.05, 0.1) is 17.3 Å². The number of fused-ring (bicyclic) bond motifs is 1. The molecule has 1 heterocycles. The number of aromatic nitrogens is 1. The smallest absolute Gasteiger partial charge is 0.227 e. The van der Waals surface area contributed by atoms with E-state index in [0.29, 0.717) is 38.5 Å². The van der Waals surface area contributed by atoms with E-state index in [4.69, 9.17) is 9.15 Å². The van der Waals surface area contributed by atoms with Gasteiger partial charge in [-0.05, 0) is 64.5 Å². The van der Waals surface area contributed by atoms with Crippen LogP contribution in [0.15, 0.2) is 68.5 Å². The number of oxazole rings is 1. The molecule has 2 N–H and O–H groups in total. The van der Waals surface area contributed by atoms with Crippen molar-refractivity contribution in [1.82, 2.24) is 4.98 Å². The van der Waals surface area contributed by atoms with Gasteiger partial charge in [0.25, 0.3) is 0 Å². The Bertz CT molecular complexity index is 1200. The van der Waals surface area contributed by atoms with Crippen LogP contribution in [0.2, 0.25) is 0 Å². The van der Waals surface area contributed by atoms with E-state index in [9.17, 15) is 10.2 Å². The lowest BCUT2D eigenvalue weighted by molar-refractivity contribution is 0.373. The largest absolute Gasteiger partial charge is 0.507 e. The summed E-state index contributed by atoms with van der Waals surface area (Å²) in [5, 5.41) is 19.8. The second kappa shape index (κ2) is 7.36. The van der Waals surface area contributed by atoms with Crippen LogP contribution in [0.3, 0.4) is 0 Å². The molecule has 0 aliphatic carbocycles. The molecular formula is C21H15BrN2O4. The van der Waals surface area contributed by atoms with Gasteiger partial charge in [-0.25, -0.2) is 4.98 Å². The maximum Gasteiger partial charge on any atom is 0.227 e. The summed E-state index contributed by atoms with van der Waals surface area (Å²) in [7, 11) is 1.50. The third-order valence-electron chi connectivity index (χ3n) is 4.17. The molecule has 0 atom stereocenters. The average molecular weight is 439 g/mol. The minimum absolute atomic E-state index is 0.0384. The molecule has 0 amide bonds. The first-order chi connectivity index (χ1) is 13.5. The Balaban J connectivity index is 1.66. The van der Waals surface area contributed by atoms with Crippen molar-refractivity contribution in [2.45, 2.75) is 0 Å². The summed E-state index contributed by atoms with van der Waals surface area (Å²) in [6, 6.07) is 15.6. The SMILES string of the molecule is COc1cccc(C=Nc2ccc3oc(-c4ccc(O)c(Br)c4)nc3c2)c1O. The van der Waals surface area contributed by atoms with Gasteiger partial charge >= 0.3 is 0 Å². The lowest BCUT2D eigenvalue weighted by Gasteiger charge is -2.04. The highest BCUT2D eigenvalue weighted by Gasteiger charge is 2.11. The fraction of sp³-hybridized carbons (Fsp3) is 0.0476. The highest BCUT2D eigenvalue weighted by molar-refractivity contribution is 9.10. The van der Waals surface area contributed by atoms with Crippen LogP contribution in [0, 0.1) is 0 Å². The second-order valence-electron chi connectivity index (χ2n) is 5.99. The predicted octanol–water partition coefficient (Wildman–Crippen LogP) is 5.43. The van der Waals surface area contributed by atoms with Gasteiger partial charge in [0.15, 0.2) is 17.1 Å². The molecule has 6 nitrogen and oxygen atoms in total. The number of phenolic OH excluding ortho intramolecular Hbond substituents is 2. The van der Waals surface area contributed by atoms with E-state index >= 15 is 0 Å². The van der Waals surface area contributed by atoms with E-state index in [1.54, 1.807) is 60.8 Å². The summed E-state index contributed by atoms with van der Waals surface area (Å²) in [5.41, 5.74) is 3.24. The van der Waals surface area contributed by atoms with Crippen molar-refractivity contribution in [3.05, 3.63) is 64.6 Å². The normalized spacial score (nSPS) is 11.4. The van der Waals surface area contributed by atoms with Gasteiger partial charge in [-0.3, -0.25) is 4.99 Å². The van der Waals surface area contributed by atoms with Gasteiger partial charge in [0, 0.05) is 17.3 Å². The minimum Gasteiger partial charge on any atom is -0.507 e. The third kappa shape index (κ3) is 3.44. The average Bonchev–Trinajstić information content (AvgIpc) is 3.12. The molecule has 0 aliphatic rings. The molecule has 4 rings (SSSR count). The molecule has 3 aromatic carbocycles. The van der Waals surface area contributed by atoms with Crippen molar-refractivity contribution in [2.75, 3.05) is 7.11 Å². The van der Waals surface area contributed by atoms with E-state index in [0.717, 1.165) is 5.56 Å². The number of para-hydroxylation sites is 1. The summed E-state index contributed by atoms with van der Waals surface area (Å²) in [5.74, 6) is 1.02. The van der Waals surface area contributed by atoms with Crippen LogP contribution in [-0.2, 0) is 0 Å². The number of aromatic hydroxyl groups is 2. The number of rotatable bonds is 4. The standard InChI is InChI=1S/C21H15BrN2O4/c1-27-19-4-2-3-13(20(19)26)11-23-14-6-8-18-16(10-14)24-21(28-18)12-5-7-17(25)15(22)9-12/h2-11,25-26H,1H3. The molecule has 0 spiro atoms. The molecule has 0 bridgehead atoms. The van der Waals surface area contributed by atoms with E-state index in [1.165, 1.54) is 7.11 Å². The quantitative estimate of drug-likeness (QED) is 0.414. The molecule has 140 valence electrons. The highest BCUT2D eigenvalue weighted by Crippen LogP contribution is 2.32. The predicted molar refractivity (Wildman–Crippen MR) is 111 cm³/mol. The Labute approximate surface area is 168 Å². The lowest BCUT2D eigenvalue weighted by atomic mass is 10.2. The number of nitrogens with zero attached hydrogens (tertiary/aromatic N) is 2. The Hall–Kier alpha value is -3.32. The van der Waals surface area contributed by atoms with Crippen molar-refractivity contribution in [1.29, 1.82) is 0 Å². The van der Waals surface area contributed by atoms with Crippen LogP contribution in [0.4, 0.5) is 5.69 Å². The summed E-state index contributed by atoms with van der Waals surface area (Å²) in [6.07, 6.45) is 1.57. The minimum atomic E-state index is 0.0384. The van der Waals surface area contributed by atoms with Crippen LogP contribution in [-0.4, -0.2) is 28.5 Å². The van der Waals surface area contributed by atoms with Gasteiger partial charge in [-0.1, -0.05) is 6.07 Å². The monoisotopic (exact) mass is 438 g/mol. The van der Waals surface area contributed by atoms with Crippen molar-refractivity contribution >= 4 is 38.9 Å². The van der Waals surface area contributed by atoms with Gasteiger partial charge in [0.1, 0.15) is 11.3 Å². The molecule has 28 heavy (non-hydrogen) atoms. The van der Waals surface area contributed by atoms with Gasteiger partial charge in [0.2, 0.25) is 5.89 Å². The van der Waals surface area contributed by atoms with E-state index in [2.05, 4.69) is 25.9 Å². The molecule has 0 radical (unpaired) electrons. The topological polar surface area (TPSA) is 88.1 Å². The number of methoxy groups -OCH3 is 1. The molecular weight excluding hydrogens is 424 g/mol. The first-order valence-corrected chi connectivity index (χ1v) is 9.14. The zero-order valence-electron chi connectivity index (χ0n) is 14.8. The molecule has 4 aromatic rings. The molecule has 0 saturated heterocycles. The van der Waals surface area contributed by atoms with Gasteiger partial charge in [-0.15, -0.1) is 0 Å². The molecule has 7 heteroatoms. The number of hydrogen-bond donors (Lipinski definition) is 2. The molecule has 0 aliphatic heterocycles. The summed E-state index contributed by atoms with van der Waals surface area (Å²) < 4.78 is 11.5. The molecule has 0 saturated carbocycles. The third-order valence-corrected chi connectivity index (χ3v) is 4.80. The van der Waals surface area contributed by atoms with Crippen LogP contribution >= 0.6 is 15.9 Å². The summed E-state index contributed by atoms with van der Waals surface area (Å²) in [6.45, 7) is 0. The number of benzene rings is 3. The number of phenols is 2. The molecule has 0 fully saturated rings. The number of hydrogen-bond acceptors (Lipinski definition) is 6. The zero-order valence-corrected chi connectivity index (χ0v) is 16.3. The second-order valence-corrected chi connectivity index (χ2v) is 6.85. The fourth-order valence-corrected chi connectivity index (χ4v) is 3.09. The van der Waals surface area contributed by atoms with Crippen molar-refractivity contribution in [3.8, 4) is 28.7 Å². The van der Waals surface area contributed by atoms with E-state index in [1.807, 2.05) is 0 Å². The Kier molecular flexibility index (Phi) is 4.75. The Morgan fingerprint density at radius 3 is 2.75 bits per heavy atom. The van der Waals surface area contributed by atoms with Crippen molar-refractivity contribution in [2.24, 2.45) is 4.99 Å². The summed E-state index contributed by atoms with van der Waals surface area (Å²) in [4.78, 5) is 8.91. The molecule has 0 unspecified atom stereocenters. The number of ether oxygens (including phenoxy) is 1. The van der Waals surface area contributed by atoms with Crippen LogP contribution < -0.4 is 4.74 Å². The van der Waals surface area contributed by atoms with Crippen molar-refractivity contribution < 1.29 is 19.4 Å². The van der Waals surface area contributed by atoms with Crippen LogP contribution in [0.5, 0.6) is 17.2 Å². The maximum absolute atomic E-state index is 10.1. The summed E-state index contributed by atoms with van der Waals surface area (Å²) >= 11 is 3.29. The van der Waals surface area contributed by atoms with Gasteiger partial charge < -0.3 is 19.4 Å². The number of aliphatic imine (C=N–C) groups is 1. The fourth-order valence-electron chi connectivity index (χ4n) is 2.71. The van der Waals surface area contributed by atoms with E-state index in [-0.39, 0.29) is 11.5 Å². The Morgan fingerprint density at radius 1 is 1.11 bits per heavy atom. The maximum atomic E-state index is 10.1. The van der Waals surface area contributed by atoms with Crippen LogP contribution in [0.25, 0.3) is 22.6 Å².